The van der Waals surface area contributed by atoms with Crippen molar-refractivity contribution < 1.29 is 18.0 Å². The molecule has 24 heavy (non-hydrogen) atoms. The average molecular weight is 357 g/mol. The quantitative estimate of drug-likeness (QED) is 0.684. The number of unbranched alkanes of at least 4 members (excludes halogenated alkanes) is 1. The van der Waals surface area contributed by atoms with Gasteiger partial charge in [-0.1, -0.05) is 13.3 Å². The summed E-state index contributed by atoms with van der Waals surface area (Å²) in [6, 6.07) is 0.357. The molecular formula is C16H27N3O4S. The van der Waals surface area contributed by atoms with Crippen LogP contribution in [-0.2, 0) is 19.6 Å². The van der Waals surface area contributed by atoms with Crippen molar-refractivity contribution in [2.24, 2.45) is 5.92 Å². The van der Waals surface area contributed by atoms with Gasteiger partial charge < -0.3 is 9.80 Å². The van der Waals surface area contributed by atoms with Crippen molar-refractivity contribution >= 4 is 21.8 Å². The number of likely N-dealkylation sites (tertiary alicyclic amines) is 1. The molecule has 1 aliphatic carbocycles. The highest BCUT2D eigenvalue weighted by molar-refractivity contribution is 7.89. The zero-order chi connectivity index (χ0) is 17.3. The molecule has 1 atom stereocenters. The van der Waals surface area contributed by atoms with Crippen LogP contribution in [0.25, 0.3) is 0 Å². The molecule has 2 amide bonds. The number of nitrogens with zero attached hydrogens (tertiary/aromatic N) is 3. The third-order valence-electron chi connectivity index (χ3n) is 5.19. The van der Waals surface area contributed by atoms with Gasteiger partial charge in [-0.15, -0.1) is 0 Å². The maximum Gasteiger partial charge on any atom is 0.228 e. The minimum absolute atomic E-state index is 0.0112. The van der Waals surface area contributed by atoms with Gasteiger partial charge in [0.05, 0.1) is 11.7 Å². The largest absolute Gasteiger partial charge is 0.340 e. The molecule has 0 aromatic rings. The Hall–Kier alpha value is -1.15. The average Bonchev–Trinajstić information content (AvgIpc) is 3.34. The van der Waals surface area contributed by atoms with Gasteiger partial charge in [-0.2, -0.15) is 4.31 Å². The van der Waals surface area contributed by atoms with Gasteiger partial charge in [0, 0.05) is 45.2 Å². The second-order valence-corrected chi connectivity index (χ2v) is 9.16. The molecule has 0 aromatic carbocycles. The molecule has 7 nitrogen and oxygen atoms in total. The molecule has 0 bridgehead atoms. The summed E-state index contributed by atoms with van der Waals surface area (Å²) in [5, 5.41) is 0. The summed E-state index contributed by atoms with van der Waals surface area (Å²) in [5.41, 5.74) is 0. The van der Waals surface area contributed by atoms with E-state index in [-0.39, 0.29) is 23.5 Å². The van der Waals surface area contributed by atoms with Crippen LogP contribution in [-0.4, -0.2) is 78.9 Å². The number of carbonyl (C=O) groups excluding carboxylic acids is 2. The molecule has 3 aliphatic rings. The Morgan fingerprint density at radius 3 is 2.42 bits per heavy atom. The topological polar surface area (TPSA) is 78.0 Å². The zero-order valence-corrected chi connectivity index (χ0v) is 15.1. The van der Waals surface area contributed by atoms with Crippen molar-refractivity contribution in [2.45, 2.75) is 45.1 Å². The summed E-state index contributed by atoms with van der Waals surface area (Å²) >= 11 is 0. The molecule has 1 saturated carbocycles. The predicted molar refractivity (Wildman–Crippen MR) is 89.7 cm³/mol. The summed E-state index contributed by atoms with van der Waals surface area (Å²) in [4.78, 5) is 28.2. The SMILES string of the molecule is CCCCS(=O)(=O)N1CCN(C(=O)C2CC(=O)N(C3CC3)C2)CC1. The molecule has 2 saturated heterocycles. The molecule has 8 heteroatoms. The lowest BCUT2D eigenvalue weighted by Gasteiger charge is -2.35. The molecule has 1 unspecified atom stereocenters. The summed E-state index contributed by atoms with van der Waals surface area (Å²) in [5.74, 6) is 0.0420. The Labute approximate surface area is 144 Å². The van der Waals surface area contributed by atoms with E-state index >= 15 is 0 Å². The van der Waals surface area contributed by atoms with Crippen LogP contribution in [0.1, 0.15) is 39.0 Å². The Morgan fingerprint density at radius 1 is 1.17 bits per heavy atom. The van der Waals surface area contributed by atoms with Crippen molar-refractivity contribution in [3.05, 3.63) is 0 Å². The first-order valence-electron chi connectivity index (χ1n) is 8.98. The minimum Gasteiger partial charge on any atom is -0.340 e. The van der Waals surface area contributed by atoms with E-state index in [9.17, 15) is 18.0 Å². The van der Waals surface area contributed by atoms with Crippen molar-refractivity contribution in [1.82, 2.24) is 14.1 Å². The van der Waals surface area contributed by atoms with Gasteiger partial charge in [0.1, 0.15) is 0 Å². The maximum atomic E-state index is 12.6. The molecule has 2 aliphatic heterocycles. The molecule has 0 N–H and O–H groups in total. The Balaban J connectivity index is 1.51. The third-order valence-corrected chi connectivity index (χ3v) is 7.15. The van der Waals surface area contributed by atoms with Crippen LogP contribution in [0, 0.1) is 5.92 Å². The number of rotatable bonds is 6. The fourth-order valence-corrected chi connectivity index (χ4v) is 5.17. The molecule has 0 spiro atoms. The fourth-order valence-electron chi connectivity index (χ4n) is 3.54. The Morgan fingerprint density at radius 2 is 1.83 bits per heavy atom. The van der Waals surface area contributed by atoms with Gasteiger partial charge >= 0.3 is 0 Å². The van der Waals surface area contributed by atoms with E-state index in [0.29, 0.717) is 51.6 Å². The number of hydrogen-bond donors (Lipinski definition) is 0. The van der Waals surface area contributed by atoms with Gasteiger partial charge in [0.25, 0.3) is 0 Å². The second kappa shape index (κ2) is 7.00. The lowest BCUT2D eigenvalue weighted by molar-refractivity contribution is -0.137. The van der Waals surface area contributed by atoms with E-state index in [0.717, 1.165) is 19.3 Å². The molecule has 3 fully saturated rings. The van der Waals surface area contributed by atoms with E-state index < -0.39 is 10.0 Å². The first kappa shape index (κ1) is 17.7. The van der Waals surface area contributed by atoms with Gasteiger partial charge in [-0.05, 0) is 19.3 Å². The number of hydrogen-bond acceptors (Lipinski definition) is 4. The second-order valence-electron chi connectivity index (χ2n) is 7.07. The first-order chi connectivity index (χ1) is 11.4. The van der Waals surface area contributed by atoms with Crippen molar-refractivity contribution in [3.63, 3.8) is 0 Å². The van der Waals surface area contributed by atoms with Crippen LogP contribution < -0.4 is 0 Å². The highest BCUT2D eigenvalue weighted by Gasteiger charge is 2.43. The van der Waals surface area contributed by atoms with E-state index in [1.165, 1.54) is 4.31 Å². The standard InChI is InChI=1S/C16H27N3O4S/c1-2-3-10-24(22,23)18-8-6-17(7-9-18)16(21)13-11-15(20)19(12-13)14-4-5-14/h13-14H,2-12H2,1H3. The molecule has 136 valence electrons. The van der Waals surface area contributed by atoms with Gasteiger partial charge in [0.2, 0.25) is 21.8 Å². The smallest absolute Gasteiger partial charge is 0.228 e. The van der Waals surface area contributed by atoms with E-state index in [2.05, 4.69) is 0 Å². The molecular weight excluding hydrogens is 330 g/mol. The van der Waals surface area contributed by atoms with Crippen LogP contribution in [0.15, 0.2) is 0 Å². The van der Waals surface area contributed by atoms with E-state index in [1.807, 2.05) is 11.8 Å². The number of carbonyl (C=O) groups is 2. The van der Waals surface area contributed by atoms with Crippen LogP contribution >= 0.6 is 0 Å². The van der Waals surface area contributed by atoms with Gasteiger partial charge in [0.15, 0.2) is 0 Å². The summed E-state index contributed by atoms with van der Waals surface area (Å²) in [6.45, 7) is 4.10. The van der Waals surface area contributed by atoms with Crippen molar-refractivity contribution in [3.8, 4) is 0 Å². The maximum absolute atomic E-state index is 12.6. The van der Waals surface area contributed by atoms with Crippen LogP contribution in [0.3, 0.4) is 0 Å². The van der Waals surface area contributed by atoms with Crippen molar-refractivity contribution in [2.75, 3.05) is 38.5 Å². The summed E-state index contributed by atoms with van der Waals surface area (Å²) in [6.07, 6.45) is 3.94. The number of sulfonamides is 1. The normalized spacial score (nSPS) is 26.2. The van der Waals surface area contributed by atoms with Crippen LogP contribution in [0.2, 0.25) is 0 Å². The predicted octanol–water partition coefficient (Wildman–Crippen LogP) is 0.271. The lowest BCUT2D eigenvalue weighted by Crippen LogP contribution is -2.52. The highest BCUT2D eigenvalue weighted by Crippen LogP contribution is 2.33. The highest BCUT2D eigenvalue weighted by atomic mass is 32.2. The molecule has 0 radical (unpaired) electrons. The van der Waals surface area contributed by atoms with Gasteiger partial charge in [-0.25, -0.2) is 8.42 Å². The Kier molecular flexibility index (Phi) is 5.15. The van der Waals surface area contributed by atoms with Crippen LogP contribution in [0.5, 0.6) is 0 Å². The molecule has 2 heterocycles. The Bertz CT molecular complexity index is 594. The zero-order valence-electron chi connectivity index (χ0n) is 14.3. The summed E-state index contributed by atoms with van der Waals surface area (Å²) < 4.78 is 25.9. The number of amides is 2. The molecule has 3 rings (SSSR count). The fraction of sp³-hybridized carbons (Fsp3) is 0.875. The lowest BCUT2D eigenvalue weighted by atomic mass is 10.1. The number of piperazine rings is 1. The van der Waals surface area contributed by atoms with Crippen molar-refractivity contribution in [1.29, 1.82) is 0 Å². The van der Waals surface area contributed by atoms with Gasteiger partial charge in [-0.3, -0.25) is 9.59 Å². The monoisotopic (exact) mass is 357 g/mol. The van der Waals surface area contributed by atoms with E-state index in [1.54, 1.807) is 4.90 Å². The van der Waals surface area contributed by atoms with E-state index in [4.69, 9.17) is 0 Å². The molecule has 0 aromatic heterocycles. The summed E-state index contributed by atoms with van der Waals surface area (Å²) in [7, 11) is -3.20. The van der Waals surface area contributed by atoms with Crippen LogP contribution in [0.4, 0.5) is 0 Å². The third kappa shape index (κ3) is 3.74. The minimum atomic E-state index is -3.20. The first-order valence-corrected chi connectivity index (χ1v) is 10.6.